The molecule has 0 saturated heterocycles. The first-order valence-corrected chi connectivity index (χ1v) is 8.13. The monoisotopic (exact) mass is 313 g/mol. The molecule has 23 heavy (non-hydrogen) atoms. The molecule has 1 heterocycles. The second-order valence-electron chi connectivity index (χ2n) is 7.09. The van der Waals surface area contributed by atoms with Gasteiger partial charge in [0.2, 0.25) is 0 Å². The SMILES string of the molecule is C/C(=C\CO)CCc1cn(Cc2ccc(C(C)(C)C)cc2)nn1. The summed E-state index contributed by atoms with van der Waals surface area (Å²) in [4.78, 5) is 0. The summed E-state index contributed by atoms with van der Waals surface area (Å²) in [6.07, 6.45) is 5.59. The normalized spacial score (nSPS) is 12.7. The fraction of sp³-hybridized carbons (Fsp3) is 0.474. The lowest BCUT2D eigenvalue weighted by atomic mass is 9.87. The van der Waals surface area contributed by atoms with Gasteiger partial charge in [0, 0.05) is 6.20 Å². The maximum Gasteiger partial charge on any atom is 0.0830 e. The van der Waals surface area contributed by atoms with Crippen molar-refractivity contribution < 1.29 is 5.11 Å². The van der Waals surface area contributed by atoms with E-state index >= 15 is 0 Å². The molecule has 2 aromatic rings. The van der Waals surface area contributed by atoms with E-state index in [9.17, 15) is 0 Å². The molecule has 0 amide bonds. The molecule has 1 N–H and O–H groups in total. The Morgan fingerprint density at radius 3 is 2.52 bits per heavy atom. The van der Waals surface area contributed by atoms with Crippen LogP contribution < -0.4 is 0 Å². The third-order valence-electron chi connectivity index (χ3n) is 3.97. The number of aryl methyl sites for hydroxylation is 1. The highest BCUT2D eigenvalue weighted by molar-refractivity contribution is 5.27. The zero-order valence-corrected chi connectivity index (χ0v) is 14.6. The van der Waals surface area contributed by atoms with Gasteiger partial charge in [-0.2, -0.15) is 0 Å². The summed E-state index contributed by atoms with van der Waals surface area (Å²) in [5, 5.41) is 17.3. The van der Waals surface area contributed by atoms with Crippen LogP contribution in [0.2, 0.25) is 0 Å². The number of aliphatic hydroxyl groups excluding tert-OH is 1. The van der Waals surface area contributed by atoms with Crippen molar-refractivity contribution in [2.45, 2.75) is 52.5 Å². The van der Waals surface area contributed by atoms with Crippen molar-refractivity contribution in [1.82, 2.24) is 15.0 Å². The lowest BCUT2D eigenvalue weighted by molar-refractivity contribution is 0.341. The van der Waals surface area contributed by atoms with E-state index < -0.39 is 0 Å². The van der Waals surface area contributed by atoms with Crippen LogP contribution in [0.5, 0.6) is 0 Å². The third-order valence-corrected chi connectivity index (χ3v) is 3.97. The van der Waals surface area contributed by atoms with Crippen molar-refractivity contribution in [3.05, 3.63) is 58.9 Å². The molecule has 124 valence electrons. The van der Waals surface area contributed by atoms with E-state index in [2.05, 4.69) is 55.3 Å². The fourth-order valence-electron chi connectivity index (χ4n) is 2.41. The van der Waals surface area contributed by atoms with Crippen LogP contribution >= 0.6 is 0 Å². The molecule has 0 atom stereocenters. The summed E-state index contributed by atoms with van der Waals surface area (Å²) in [7, 11) is 0. The molecule has 4 nitrogen and oxygen atoms in total. The second kappa shape index (κ2) is 7.55. The zero-order chi connectivity index (χ0) is 16.9. The average molecular weight is 313 g/mol. The molecule has 0 aliphatic rings. The van der Waals surface area contributed by atoms with Crippen LogP contribution in [0.25, 0.3) is 0 Å². The number of benzene rings is 1. The highest BCUT2D eigenvalue weighted by atomic mass is 16.2. The van der Waals surface area contributed by atoms with E-state index in [1.165, 1.54) is 16.7 Å². The van der Waals surface area contributed by atoms with E-state index in [1.807, 2.05) is 23.9 Å². The first kappa shape index (κ1) is 17.4. The van der Waals surface area contributed by atoms with Crippen LogP contribution in [0.3, 0.4) is 0 Å². The number of rotatable bonds is 6. The van der Waals surface area contributed by atoms with Crippen molar-refractivity contribution in [2.24, 2.45) is 0 Å². The van der Waals surface area contributed by atoms with Gasteiger partial charge in [0.25, 0.3) is 0 Å². The van der Waals surface area contributed by atoms with Gasteiger partial charge in [-0.05, 0) is 36.3 Å². The lowest BCUT2D eigenvalue weighted by Gasteiger charge is -2.19. The molecule has 0 aliphatic heterocycles. The highest BCUT2D eigenvalue weighted by Gasteiger charge is 2.12. The Bertz CT molecular complexity index is 648. The summed E-state index contributed by atoms with van der Waals surface area (Å²) in [5.41, 5.74) is 4.91. The Balaban J connectivity index is 1.95. The average Bonchev–Trinajstić information content (AvgIpc) is 2.93. The van der Waals surface area contributed by atoms with Gasteiger partial charge in [-0.3, -0.25) is 0 Å². The molecular weight excluding hydrogens is 286 g/mol. The van der Waals surface area contributed by atoms with Gasteiger partial charge in [-0.1, -0.05) is 61.9 Å². The van der Waals surface area contributed by atoms with E-state index in [4.69, 9.17) is 5.11 Å². The van der Waals surface area contributed by atoms with E-state index in [0.717, 1.165) is 25.1 Å². The first-order chi connectivity index (χ1) is 10.9. The van der Waals surface area contributed by atoms with Crippen LogP contribution in [-0.4, -0.2) is 26.7 Å². The van der Waals surface area contributed by atoms with Crippen LogP contribution in [0.15, 0.2) is 42.1 Å². The minimum Gasteiger partial charge on any atom is -0.392 e. The van der Waals surface area contributed by atoms with Crippen molar-refractivity contribution >= 4 is 0 Å². The van der Waals surface area contributed by atoms with Crippen LogP contribution in [0.4, 0.5) is 0 Å². The molecule has 2 rings (SSSR count). The molecule has 0 bridgehead atoms. The lowest BCUT2D eigenvalue weighted by Crippen LogP contribution is -2.11. The molecule has 4 heteroatoms. The first-order valence-electron chi connectivity index (χ1n) is 8.13. The van der Waals surface area contributed by atoms with Gasteiger partial charge >= 0.3 is 0 Å². The van der Waals surface area contributed by atoms with Gasteiger partial charge in [-0.25, -0.2) is 4.68 Å². The standard InChI is InChI=1S/C19H27N3O/c1-15(11-12-23)5-10-18-14-22(21-20-18)13-16-6-8-17(9-7-16)19(2,3)4/h6-9,11,14,23H,5,10,12-13H2,1-4H3/b15-11+. The molecule has 0 unspecified atom stereocenters. The van der Waals surface area contributed by atoms with Crippen molar-refractivity contribution in [1.29, 1.82) is 0 Å². The minimum atomic E-state index is 0.100. The second-order valence-corrected chi connectivity index (χ2v) is 7.09. The van der Waals surface area contributed by atoms with Gasteiger partial charge in [0.1, 0.15) is 0 Å². The third kappa shape index (κ3) is 5.32. The predicted molar refractivity (Wildman–Crippen MR) is 93.4 cm³/mol. The molecule has 0 radical (unpaired) electrons. The smallest absolute Gasteiger partial charge is 0.0830 e. The summed E-state index contributed by atoms with van der Waals surface area (Å²) >= 11 is 0. The predicted octanol–water partition coefficient (Wildman–Crippen LogP) is 3.50. The van der Waals surface area contributed by atoms with Crippen LogP contribution in [0, 0.1) is 0 Å². The molecule has 0 spiro atoms. The van der Waals surface area contributed by atoms with Gasteiger partial charge < -0.3 is 5.11 Å². The van der Waals surface area contributed by atoms with Crippen molar-refractivity contribution in [3.8, 4) is 0 Å². The number of hydrogen-bond acceptors (Lipinski definition) is 3. The summed E-state index contributed by atoms with van der Waals surface area (Å²) in [5.74, 6) is 0. The highest BCUT2D eigenvalue weighted by Crippen LogP contribution is 2.22. The minimum absolute atomic E-state index is 0.100. The largest absolute Gasteiger partial charge is 0.392 e. The number of nitrogens with zero attached hydrogens (tertiary/aromatic N) is 3. The maximum atomic E-state index is 8.86. The molecule has 0 fully saturated rings. The molecular formula is C19H27N3O. The molecule has 1 aromatic carbocycles. The Hall–Kier alpha value is -1.94. The quantitative estimate of drug-likeness (QED) is 0.831. The van der Waals surface area contributed by atoms with Crippen LogP contribution in [0.1, 0.15) is 50.9 Å². The van der Waals surface area contributed by atoms with Crippen LogP contribution in [-0.2, 0) is 18.4 Å². The van der Waals surface area contributed by atoms with Gasteiger partial charge in [0.05, 0.1) is 18.8 Å². The summed E-state index contributed by atoms with van der Waals surface area (Å²) in [6, 6.07) is 8.71. The Labute approximate surface area is 138 Å². The summed E-state index contributed by atoms with van der Waals surface area (Å²) < 4.78 is 1.88. The van der Waals surface area contributed by atoms with Crippen molar-refractivity contribution in [3.63, 3.8) is 0 Å². The molecule has 0 aliphatic carbocycles. The van der Waals surface area contributed by atoms with Gasteiger partial charge in [-0.15, -0.1) is 5.10 Å². The van der Waals surface area contributed by atoms with Gasteiger partial charge in [0.15, 0.2) is 0 Å². The summed E-state index contributed by atoms with van der Waals surface area (Å²) in [6.45, 7) is 9.53. The Kier molecular flexibility index (Phi) is 5.72. The number of hydrogen-bond donors (Lipinski definition) is 1. The zero-order valence-electron chi connectivity index (χ0n) is 14.6. The number of aromatic nitrogens is 3. The molecule has 0 saturated carbocycles. The number of aliphatic hydroxyl groups is 1. The van der Waals surface area contributed by atoms with E-state index in [-0.39, 0.29) is 12.0 Å². The van der Waals surface area contributed by atoms with Crippen molar-refractivity contribution in [2.75, 3.05) is 6.61 Å². The van der Waals surface area contributed by atoms with E-state index in [1.54, 1.807) is 0 Å². The van der Waals surface area contributed by atoms with E-state index in [0.29, 0.717) is 0 Å². The topological polar surface area (TPSA) is 50.9 Å². The molecule has 1 aromatic heterocycles. The Morgan fingerprint density at radius 2 is 1.91 bits per heavy atom. The fourth-order valence-corrected chi connectivity index (χ4v) is 2.41. The maximum absolute atomic E-state index is 8.86. The Morgan fingerprint density at radius 1 is 1.22 bits per heavy atom. The number of allylic oxidation sites excluding steroid dienone is 1.